The van der Waals surface area contributed by atoms with Gasteiger partial charge in [-0.25, -0.2) is 4.68 Å². The van der Waals surface area contributed by atoms with Crippen LogP contribution in [0.15, 0.2) is 48.7 Å². The van der Waals surface area contributed by atoms with Crippen LogP contribution in [-0.2, 0) is 0 Å². The van der Waals surface area contributed by atoms with Crippen molar-refractivity contribution >= 4 is 16.6 Å². The maximum Gasteiger partial charge on any atom is 0.127 e. The number of aryl methyl sites for hydroxylation is 1. The Morgan fingerprint density at radius 3 is 2.90 bits per heavy atom. The summed E-state index contributed by atoms with van der Waals surface area (Å²) in [6, 6.07) is 15.6. The molecule has 4 rings (SSSR count). The van der Waals surface area contributed by atoms with Gasteiger partial charge in [-0.15, -0.1) is 0 Å². The highest BCUT2D eigenvalue weighted by Crippen LogP contribution is 2.32. The van der Waals surface area contributed by atoms with Crippen LogP contribution in [-0.4, -0.2) is 16.3 Å². The van der Waals surface area contributed by atoms with Crippen LogP contribution in [0.3, 0.4) is 0 Å². The average molecular weight is 263 g/mol. The fraction of sp³-hybridized carbons (Fsp3) is 0.235. The van der Waals surface area contributed by atoms with Crippen LogP contribution in [0.2, 0.25) is 0 Å². The zero-order valence-corrected chi connectivity index (χ0v) is 11.5. The molecule has 2 heterocycles. The van der Waals surface area contributed by atoms with E-state index in [9.17, 15) is 0 Å². The van der Waals surface area contributed by atoms with Gasteiger partial charge in [-0.3, -0.25) is 0 Å². The maximum absolute atomic E-state index is 4.55. The molecule has 1 N–H and O–H groups in total. The molecule has 0 bridgehead atoms. The van der Waals surface area contributed by atoms with Gasteiger partial charge in [0.1, 0.15) is 5.82 Å². The van der Waals surface area contributed by atoms with Crippen molar-refractivity contribution in [2.75, 3.05) is 11.9 Å². The van der Waals surface area contributed by atoms with E-state index in [0.29, 0.717) is 6.04 Å². The van der Waals surface area contributed by atoms with Crippen LogP contribution in [0.5, 0.6) is 0 Å². The molecule has 3 aromatic rings. The number of nitrogens with zero attached hydrogens (tertiary/aromatic N) is 2. The first-order valence-electron chi connectivity index (χ1n) is 7.09. The number of anilines is 1. The van der Waals surface area contributed by atoms with E-state index in [1.807, 2.05) is 6.20 Å². The van der Waals surface area contributed by atoms with Crippen molar-refractivity contribution in [1.29, 1.82) is 0 Å². The molecule has 1 aliphatic heterocycles. The molecule has 0 radical (unpaired) electrons. The second-order valence-corrected chi connectivity index (χ2v) is 5.46. The molecule has 0 saturated carbocycles. The Balaban J connectivity index is 1.83. The topological polar surface area (TPSA) is 29.9 Å². The fourth-order valence-corrected chi connectivity index (χ4v) is 3.08. The molecule has 3 heteroatoms. The lowest BCUT2D eigenvalue weighted by Gasteiger charge is -2.26. The standard InChI is InChI=1S/C17H17N3/c1-12-11-19-20-16(8-9-18-17(12)20)15-7-6-13-4-2-3-5-14(13)10-15/h2-7,10-11,16,18H,8-9H2,1H3. The first kappa shape index (κ1) is 11.5. The van der Waals surface area contributed by atoms with Crippen LogP contribution in [0.25, 0.3) is 10.8 Å². The van der Waals surface area contributed by atoms with Crippen molar-refractivity contribution in [3.63, 3.8) is 0 Å². The van der Waals surface area contributed by atoms with Gasteiger partial charge in [0.05, 0.1) is 12.2 Å². The van der Waals surface area contributed by atoms with Crippen molar-refractivity contribution in [2.24, 2.45) is 0 Å². The lowest BCUT2D eigenvalue weighted by Crippen LogP contribution is -2.24. The zero-order valence-electron chi connectivity index (χ0n) is 11.5. The summed E-state index contributed by atoms with van der Waals surface area (Å²) in [5.41, 5.74) is 2.56. The Hall–Kier alpha value is -2.29. The molecule has 0 fully saturated rings. The van der Waals surface area contributed by atoms with Gasteiger partial charge in [0, 0.05) is 12.1 Å². The predicted octanol–water partition coefficient (Wildman–Crippen LogP) is 3.75. The molecule has 0 spiro atoms. The number of benzene rings is 2. The number of hydrogen-bond donors (Lipinski definition) is 1. The number of aromatic nitrogens is 2. The van der Waals surface area contributed by atoms with Crippen LogP contribution < -0.4 is 5.32 Å². The summed E-state index contributed by atoms with van der Waals surface area (Å²) < 4.78 is 2.13. The van der Waals surface area contributed by atoms with Gasteiger partial charge < -0.3 is 5.32 Å². The second-order valence-electron chi connectivity index (χ2n) is 5.46. The van der Waals surface area contributed by atoms with Gasteiger partial charge in [0.15, 0.2) is 0 Å². The summed E-state index contributed by atoms with van der Waals surface area (Å²) in [6.45, 7) is 3.11. The lowest BCUT2D eigenvalue weighted by molar-refractivity contribution is 0.482. The molecular formula is C17H17N3. The predicted molar refractivity (Wildman–Crippen MR) is 82.2 cm³/mol. The van der Waals surface area contributed by atoms with E-state index in [-0.39, 0.29) is 0 Å². The third-order valence-electron chi connectivity index (χ3n) is 4.14. The Bertz CT molecular complexity index is 773. The minimum atomic E-state index is 0.338. The number of fused-ring (bicyclic) bond motifs is 2. The number of rotatable bonds is 1. The zero-order chi connectivity index (χ0) is 13.5. The normalized spacial score (nSPS) is 17.8. The summed E-state index contributed by atoms with van der Waals surface area (Å²) >= 11 is 0. The average Bonchev–Trinajstić information content (AvgIpc) is 2.88. The quantitative estimate of drug-likeness (QED) is 0.724. The maximum atomic E-state index is 4.55. The van der Waals surface area contributed by atoms with E-state index in [2.05, 4.69) is 64.5 Å². The third kappa shape index (κ3) is 1.70. The van der Waals surface area contributed by atoms with E-state index < -0.39 is 0 Å². The highest BCUT2D eigenvalue weighted by molar-refractivity contribution is 5.83. The Labute approximate surface area is 118 Å². The van der Waals surface area contributed by atoms with E-state index in [1.165, 1.54) is 21.9 Å². The molecule has 1 atom stereocenters. The second kappa shape index (κ2) is 4.37. The van der Waals surface area contributed by atoms with Gasteiger partial charge >= 0.3 is 0 Å². The van der Waals surface area contributed by atoms with Gasteiger partial charge in [0.2, 0.25) is 0 Å². The number of hydrogen-bond acceptors (Lipinski definition) is 2. The van der Waals surface area contributed by atoms with Gasteiger partial charge in [-0.05, 0) is 35.7 Å². The first-order chi connectivity index (χ1) is 9.83. The highest BCUT2D eigenvalue weighted by atomic mass is 15.4. The molecule has 2 aromatic carbocycles. The summed E-state index contributed by atoms with van der Waals surface area (Å²) in [6.07, 6.45) is 3.02. The first-order valence-corrected chi connectivity index (χ1v) is 7.09. The largest absolute Gasteiger partial charge is 0.370 e. The van der Waals surface area contributed by atoms with Gasteiger partial charge in [-0.1, -0.05) is 36.4 Å². The monoisotopic (exact) mass is 263 g/mol. The summed E-state index contributed by atoms with van der Waals surface area (Å²) in [7, 11) is 0. The molecule has 0 saturated heterocycles. The van der Waals surface area contributed by atoms with Crippen LogP contribution in [0, 0.1) is 6.92 Å². The molecule has 0 amide bonds. The van der Waals surface area contributed by atoms with Crippen molar-refractivity contribution < 1.29 is 0 Å². The third-order valence-corrected chi connectivity index (χ3v) is 4.14. The van der Waals surface area contributed by atoms with Crippen molar-refractivity contribution in [3.05, 3.63) is 59.8 Å². The van der Waals surface area contributed by atoms with E-state index >= 15 is 0 Å². The van der Waals surface area contributed by atoms with Crippen LogP contribution >= 0.6 is 0 Å². The van der Waals surface area contributed by atoms with Gasteiger partial charge in [-0.2, -0.15) is 5.10 Å². The SMILES string of the molecule is Cc1cnn2c1NCCC2c1ccc2ccccc2c1. The van der Waals surface area contributed by atoms with E-state index in [0.717, 1.165) is 18.8 Å². The Morgan fingerprint density at radius 1 is 1.15 bits per heavy atom. The summed E-state index contributed by atoms with van der Waals surface area (Å²) in [5, 5.41) is 10.6. The van der Waals surface area contributed by atoms with Crippen LogP contribution in [0.4, 0.5) is 5.82 Å². The molecule has 0 aliphatic carbocycles. The minimum Gasteiger partial charge on any atom is -0.370 e. The van der Waals surface area contributed by atoms with Gasteiger partial charge in [0.25, 0.3) is 0 Å². The van der Waals surface area contributed by atoms with E-state index in [1.54, 1.807) is 0 Å². The van der Waals surface area contributed by atoms with Crippen molar-refractivity contribution in [1.82, 2.24) is 9.78 Å². The summed E-state index contributed by atoms with van der Waals surface area (Å²) in [4.78, 5) is 0. The Kier molecular flexibility index (Phi) is 2.52. The molecular weight excluding hydrogens is 246 g/mol. The molecule has 3 nitrogen and oxygen atoms in total. The summed E-state index contributed by atoms with van der Waals surface area (Å²) in [5.74, 6) is 1.16. The molecule has 1 unspecified atom stereocenters. The van der Waals surface area contributed by atoms with Crippen molar-refractivity contribution in [3.8, 4) is 0 Å². The molecule has 100 valence electrons. The molecule has 1 aromatic heterocycles. The fourth-order valence-electron chi connectivity index (χ4n) is 3.08. The highest BCUT2D eigenvalue weighted by Gasteiger charge is 2.23. The molecule has 1 aliphatic rings. The molecule has 20 heavy (non-hydrogen) atoms. The van der Waals surface area contributed by atoms with Crippen molar-refractivity contribution in [2.45, 2.75) is 19.4 Å². The lowest BCUT2D eigenvalue weighted by atomic mass is 9.99. The van der Waals surface area contributed by atoms with Crippen LogP contribution in [0.1, 0.15) is 23.6 Å². The Morgan fingerprint density at radius 2 is 2.00 bits per heavy atom. The minimum absolute atomic E-state index is 0.338. The number of nitrogens with one attached hydrogen (secondary N) is 1. The van der Waals surface area contributed by atoms with E-state index in [4.69, 9.17) is 0 Å². The smallest absolute Gasteiger partial charge is 0.127 e.